The monoisotopic (exact) mass is 259 g/mol. The molecule has 0 bridgehead atoms. The molecule has 0 fully saturated rings. The molecule has 5 nitrogen and oxygen atoms in total. The van der Waals surface area contributed by atoms with E-state index in [1.54, 1.807) is 26.0 Å². The van der Waals surface area contributed by atoms with Crippen LogP contribution in [0.4, 0.5) is 5.69 Å². The van der Waals surface area contributed by atoms with Crippen molar-refractivity contribution < 1.29 is 18.1 Å². The quantitative estimate of drug-likeness (QED) is 0.755. The Morgan fingerprint density at radius 3 is 1.88 bits per heavy atom. The maximum absolute atomic E-state index is 11.9. The summed E-state index contributed by atoms with van der Waals surface area (Å²) in [5.41, 5.74) is 0.623. The lowest BCUT2D eigenvalue weighted by molar-refractivity contribution is -0.0433. The first kappa shape index (κ1) is 14.0. The van der Waals surface area contributed by atoms with Crippen LogP contribution in [-0.4, -0.2) is 27.9 Å². The molecular weight excluding hydrogens is 242 g/mol. The summed E-state index contributed by atoms with van der Waals surface area (Å²) in [5.74, 6) is 0. The molecule has 0 saturated heterocycles. The van der Waals surface area contributed by atoms with Gasteiger partial charge in [0.15, 0.2) is 9.84 Å². The Morgan fingerprint density at radius 2 is 1.53 bits per heavy atom. The van der Waals surface area contributed by atoms with Crippen LogP contribution in [0.15, 0.2) is 29.2 Å². The molecule has 0 amide bonds. The fourth-order valence-electron chi connectivity index (χ4n) is 1.32. The third-order valence-corrected chi connectivity index (χ3v) is 4.50. The van der Waals surface area contributed by atoms with Crippen LogP contribution in [0.1, 0.15) is 13.8 Å². The molecule has 0 radical (unpaired) electrons. The molecule has 6 heteroatoms. The first-order chi connectivity index (χ1) is 7.93. The van der Waals surface area contributed by atoms with Crippen molar-refractivity contribution in [3.8, 4) is 0 Å². The van der Waals surface area contributed by atoms with Gasteiger partial charge in [-0.2, -0.15) is 0 Å². The molecule has 0 aliphatic heterocycles. The van der Waals surface area contributed by atoms with E-state index in [9.17, 15) is 8.42 Å². The summed E-state index contributed by atoms with van der Waals surface area (Å²) in [6, 6.07) is 6.33. The predicted molar refractivity (Wildman–Crippen MR) is 65.3 cm³/mol. The molecule has 0 N–H and O–H groups in total. The number of rotatable bonds is 5. The molecule has 96 valence electrons. The summed E-state index contributed by atoms with van der Waals surface area (Å²) in [6.45, 7) is 3.31. The van der Waals surface area contributed by atoms with E-state index < -0.39 is 15.1 Å². The van der Waals surface area contributed by atoms with Crippen LogP contribution in [-0.2, 0) is 19.5 Å². The highest BCUT2D eigenvalue weighted by atomic mass is 32.2. The molecule has 0 saturated carbocycles. The lowest BCUT2D eigenvalue weighted by Crippen LogP contribution is -2.20. The Kier molecular flexibility index (Phi) is 4.50. The summed E-state index contributed by atoms with van der Waals surface area (Å²) < 4.78 is 23.8. The molecular formula is C11H17NO4S. The first-order valence-corrected chi connectivity index (χ1v) is 6.70. The predicted octanol–water partition coefficient (Wildman–Crippen LogP) is 1.80. The highest BCUT2D eigenvalue weighted by Gasteiger charge is 2.19. The van der Waals surface area contributed by atoms with E-state index >= 15 is 0 Å². The number of hydrogen-bond donors (Lipinski definition) is 0. The summed E-state index contributed by atoms with van der Waals surface area (Å²) in [5, 5.41) is 0.750. The van der Waals surface area contributed by atoms with Gasteiger partial charge in [0.1, 0.15) is 0 Å². The SMILES string of the molecule is CON(OC)c1ccc(S(=O)(=O)C(C)C)cc1. The van der Waals surface area contributed by atoms with Crippen LogP contribution in [0.2, 0.25) is 0 Å². The van der Waals surface area contributed by atoms with Crippen molar-refractivity contribution in [2.45, 2.75) is 24.0 Å². The largest absolute Gasteiger partial charge is 0.252 e. The van der Waals surface area contributed by atoms with Gasteiger partial charge in [0, 0.05) is 0 Å². The van der Waals surface area contributed by atoms with Gasteiger partial charge in [0.25, 0.3) is 0 Å². The Balaban J connectivity index is 3.04. The molecule has 0 spiro atoms. The Morgan fingerprint density at radius 1 is 1.06 bits per heavy atom. The first-order valence-electron chi connectivity index (χ1n) is 5.15. The van der Waals surface area contributed by atoms with Crippen LogP contribution in [0.5, 0.6) is 0 Å². The Bertz CT molecular complexity index is 449. The highest BCUT2D eigenvalue weighted by Crippen LogP contribution is 2.20. The van der Waals surface area contributed by atoms with E-state index in [0.717, 1.165) is 0 Å². The van der Waals surface area contributed by atoms with Gasteiger partial charge in [0.2, 0.25) is 0 Å². The smallest absolute Gasteiger partial charge is 0.180 e. The topological polar surface area (TPSA) is 55.8 Å². The maximum Gasteiger partial charge on any atom is 0.180 e. The van der Waals surface area contributed by atoms with Crippen LogP contribution in [0.25, 0.3) is 0 Å². The fourth-order valence-corrected chi connectivity index (χ4v) is 2.37. The van der Waals surface area contributed by atoms with Crippen molar-refractivity contribution >= 4 is 15.5 Å². The van der Waals surface area contributed by atoms with Crippen LogP contribution in [0.3, 0.4) is 0 Å². The third kappa shape index (κ3) is 2.96. The number of anilines is 1. The van der Waals surface area contributed by atoms with E-state index in [1.165, 1.54) is 31.6 Å². The zero-order valence-electron chi connectivity index (χ0n) is 10.4. The van der Waals surface area contributed by atoms with Crippen molar-refractivity contribution in [1.82, 2.24) is 0 Å². The molecule has 0 aliphatic rings. The molecule has 0 heterocycles. The van der Waals surface area contributed by atoms with Crippen molar-refractivity contribution in [1.29, 1.82) is 0 Å². The van der Waals surface area contributed by atoms with Crippen molar-refractivity contribution in [3.05, 3.63) is 24.3 Å². The second kappa shape index (κ2) is 5.48. The second-order valence-electron chi connectivity index (χ2n) is 3.71. The average Bonchev–Trinajstić information content (AvgIpc) is 2.31. The number of hydrogen-bond acceptors (Lipinski definition) is 5. The molecule has 1 aromatic carbocycles. The molecule has 1 aromatic rings. The van der Waals surface area contributed by atoms with Crippen molar-refractivity contribution in [2.24, 2.45) is 0 Å². The lowest BCUT2D eigenvalue weighted by atomic mass is 10.3. The van der Waals surface area contributed by atoms with Crippen molar-refractivity contribution in [3.63, 3.8) is 0 Å². The molecule has 17 heavy (non-hydrogen) atoms. The number of sulfone groups is 1. The van der Waals surface area contributed by atoms with Crippen LogP contribution >= 0.6 is 0 Å². The molecule has 0 unspecified atom stereocenters. The van der Waals surface area contributed by atoms with Gasteiger partial charge >= 0.3 is 0 Å². The van der Waals surface area contributed by atoms with Gasteiger partial charge in [-0.25, -0.2) is 8.42 Å². The highest BCUT2D eigenvalue weighted by molar-refractivity contribution is 7.92. The number of benzene rings is 1. The summed E-state index contributed by atoms with van der Waals surface area (Å²) in [6.07, 6.45) is 0. The fraction of sp³-hybridized carbons (Fsp3) is 0.455. The Labute approximate surface area is 102 Å². The minimum absolute atomic E-state index is 0.295. The minimum atomic E-state index is -3.23. The third-order valence-electron chi connectivity index (χ3n) is 2.33. The lowest BCUT2D eigenvalue weighted by Gasteiger charge is -2.18. The van der Waals surface area contributed by atoms with Gasteiger partial charge in [-0.15, -0.1) is 5.23 Å². The summed E-state index contributed by atoms with van der Waals surface area (Å²) in [4.78, 5) is 10.1. The Hall–Kier alpha value is -1.11. The molecule has 0 aliphatic carbocycles. The standard InChI is InChI=1S/C11H17NO4S/c1-9(2)17(13,14)11-7-5-10(6-8-11)12(15-3)16-4/h5-9H,1-4H3. The zero-order chi connectivity index (χ0) is 13.1. The maximum atomic E-state index is 11.9. The van der Waals surface area contributed by atoms with Gasteiger partial charge in [0.05, 0.1) is 30.1 Å². The van der Waals surface area contributed by atoms with Gasteiger partial charge in [-0.05, 0) is 38.1 Å². The minimum Gasteiger partial charge on any atom is -0.252 e. The van der Waals surface area contributed by atoms with E-state index in [0.29, 0.717) is 10.6 Å². The zero-order valence-corrected chi connectivity index (χ0v) is 11.2. The number of nitrogens with zero attached hydrogens (tertiary/aromatic N) is 1. The normalized spacial score (nSPS) is 11.8. The van der Waals surface area contributed by atoms with E-state index in [2.05, 4.69) is 0 Å². The average molecular weight is 259 g/mol. The second-order valence-corrected chi connectivity index (χ2v) is 6.21. The van der Waals surface area contributed by atoms with E-state index in [4.69, 9.17) is 9.68 Å². The molecule has 0 aromatic heterocycles. The van der Waals surface area contributed by atoms with Crippen LogP contribution in [0, 0.1) is 0 Å². The van der Waals surface area contributed by atoms with Crippen LogP contribution < -0.4 is 5.23 Å². The van der Waals surface area contributed by atoms with Gasteiger partial charge in [-0.3, -0.25) is 9.68 Å². The summed E-state index contributed by atoms with van der Waals surface area (Å²) in [7, 11) is -0.312. The van der Waals surface area contributed by atoms with E-state index in [-0.39, 0.29) is 0 Å². The van der Waals surface area contributed by atoms with Gasteiger partial charge in [-0.1, -0.05) is 0 Å². The summed E-state index contributed by atoms with van der Waals surface area (Å²) >= 11 is 0. The van der Waals surface area contributed by atoms with E-state index in [1.807, 2.05) is 0 Å². The molecule has 1 rings (SSSR count). The van der Waals surface area contributed by atoms with Gasteiger partial charge < -0.3 is 0 Å². The van der Waals surface area contributed by atoms with Crippen molar-refractivity contribution in [2.75, 3.05) is 19.4 Å². The molecule has 0 atom stereocenters.